The first-order chi connectivity index (χ1) is 11.3. The van der Waals surface area contributed by atoms with E-state index in [0.29, 0.717) is 25.4 Å². The van der Waals surface area contributed by atoms with Crippen molar-refractivity contribution in [2.24, 2.45) is 0 Å². The SMILES string of the molecule is CC1CN(CC(=O)Nc2ccc3nc(C(F)(F)F)[nH]c3c2)CCO1. The fourth-order valence-electron chi connectivity index (χ4n) is 2.66. The van der Waals surface area contributed by atoms with E-state index in [1.54, 1.807) is 0 Å². The third kappa shape index (κ3) is 3.85. The molecule has 2 heterocycles. The van der Waals surface area contributed by atoms with Crippen molar-refractivity contribution < 1.29 is 22.7 Å². The first-order valence-electron chi connectivity index (χ1n) is 7.52. The van der Waals surface area contributed by atoms with Gasteiger partial charge in [-0.15, -0.1) is 0 Å². The lowest BCUT2D eigenvalue weighted by Gasteiger charge is -2.30. The molecule has 1 aliphatic heterocycles. The Kier molecular flexibility index (Phi) is 4.46. The number of ether oxygens (including phenoxy) is 1. The summed E-state index contributed by atoms with van der Waals surface area (Å²) in [6, 6.07) is 4.41. The number of nitrogens with one attached hydrogen (secondary N) is 2. The van der Waals surface area contributed by atoms with Crippen molar-refractivity contribution in [2.75, 3.05) is 31.6 Å². The molecule has 0 bridgehead atoms. The summed E-state index contributed by atoms with van der Waals surface area (Å²) in [6.07, 6.45) is -4.45. The molecule has 24 heavy (non-hydrogen) atoms. The second-order valence-corrected chi connectivity index (χ2v) is 5.78. The molecule has 0 saturated carbocycles. The van der Waals surface area contributed by atoms with E-state index in [2.05, 4.69) is 15.3 Å². The zero-order valence-corrected chi connectivity index (χ0v) is 13.0. The summed E-state index contributed by atoms with van der Waals surface area (Å²) in [7, 11) is 0. The van der Waals surface area contributed by atoms with Gasteiger partial charge in [-0.25, -0.2) is 4.98 Å². The number of aromatic amines is 1. The number of nitrogens with zero attached hydrogens (tertiary/aromatic N) is 2. The highest BCUT2D eigenvalue weighted by Gasteiger charge is 2.34. The Bertz CT molecular complexity index is 744. The minimum Gasteiger partial charge on any atom is -0.376 e. The molecule has 3 rings (SSSR count). The number of carbonyl (C=O) groups is 1. The van der Waals surface area contributed by atoms with Gasteiger partial charge in [0.25, 0.3) is 0 Å². The Labute approximate surface area is 136 Å². The van der Waals surface area contributed by atoms with Gasteiger partial charge in [0.15, 0.2) is 0 Å². The largest absolute Gasteiger partial charge is 0.449 e. The number of alkyl halides is 3. The highest BCUT2D eigenvalue weighted by Crippen LogP contribution is 2.29. The zero-order chi connectivity index (χ0) is 17.3. The Morgan fingerprint density at radius 3 is 3.00 bits per heavy atom. The molecule has 6 nitrogen and oxygen atoms in total. The first kappa shape index (κ1) is 16.7. The van der Waals surface area contributed by atoms with E-state index in [0.717, 1.165) is 0 Å². The number of H-pyrrole nitrogens is 1. The van der Waals surface area contributed by atoms with E-state index in [-0.39, 0.29) is 29.6 Å². The minimum atomic E-state index is -4.53. The summed E-state index contributed by atoms with van der Waals surface area (Å²) in [4.78, 5) is 19.8. The fourth-order valence-corrected chi connectivity index (χ4v) is 2.66. The number of amides is 1. The second-order valence-electron chi connectivity index (χ2n) is 5.78. The van der Waals surface area contributed by atoms with Gasteiger partial charge in [0.1, 0.15) is 0 Å². The Balaban J connectivity index is 1.67. The van der Waals surface area contributed by atoms with Crippen LogP contribution >= 0.6 is 0 Å². The maximum Gasteiger partial charge on any atom is 0.449 e. The van der Waals surface area contributed by atoms with Gasteiger partial charge in [-0.2, -0.15) is 13.2 Å². The number of imidazole rings is 1. The molecule has 1 saturated heterocycles. The second kappa shape index (κ2) is 6.40. The van der Waals surface area contributed by atoms with E-state index in [4.69, 9.17) is 4.74 Å². The Morgan fingerprint density at radius 1 is 1.50 bits per heavy atom. The predicted octanol–water partition coefficient (Wildman–Crippen LogP) is 2.24. The van der Waals surface area contributed by atoms with Crippen LogP contribution < -0.4 is 5.32 Å². The molecule has 1 aromatic carbocycles. The van der Waals surface area contributed by atoms with Crippen molar-refractivity contribution in [1.29, 1.82) is 0 Å². The van der Waals surface area contributed by atoms with Crippen molar-refractivity contribution in [1.82, 2.24) is 14.9 Å². The summed E-state index contributed by atoms with van der Waals surface area (Å²) in [5.74, 6) is -1.28. The Morgan fingerprint density at radius 2 is 2.29 bits per heavy atom. The molecule has 1 unspecified atom stereocenters. The topological polar surface area (TPSA) is 70.2 Å². The number of rotatable bonds is 3. The average molecular weight is 342 g/mol. The minimum absolute atomic E-state index is 0.0775. The summed E-state index contributed by atoms with van der Waals surface area (Å²) >= 11 is 0. The van der Waals surface area contributed by atoms with E-state index in [1.807, 2.05) is 11.8 Å². The van der Waals surface area contributed by atoms with Crippen molar-refractivity contribution in [3.8, 4) is 0 Å². The monoisotopic (exact) mass is 342 g/mol. The van der Waals surface area contributed by atoms with Crippen LogP contribution in [0.3, 0.4) is 0 Å². The molecule has 1 fully saturated rings. The lowest BCUT2D eigenvalue weighted by Crippen LogP contribution is -2.44. The predicted molar refractivity (Wildman–Crippen MR) is 81.6 cm³/mol. The summed E-state index contributed by atoms with van der Waals surface area (Å²) < 4.78 is 43.4. The number of aromatic nitrogens is 2. The molecule has 1 amide bonds. The van der Waals surface area contributed by atoms with Crippen LogP contribution in [0.5, 0.6) is 0 Å². The fraction of sp³-hybridized carbons (Fsp3) is 0.467. The van der Waals surface area contributed by atoms with Gasteiger partial charge >= 0.3 is 6.18 Å². The van der Waals surface area contributed by atoms with Crippen LogP contribution in [-0.4, -0.2) is 53.1 Å². The smallest absolute Gasteiger partial charge is 0.376 e. The van der Waals surface area contributed by atoms with Crippen LogP contribution in [0.4, 0.5) is 18.9 Å². The van der Waals surface area contributed by atoms with Gasteiger partial charge < -0.3 is 15.0 Å². The summed E-state index contributed by atoms with van der Waals surface area (Å²) in [6.45, 7) is 4.07. The first-order valence-corrected chi connectivity index (χ1v) is 7.52. The molecule has 130 valence electrons. The third-order valence-electron chi connectivity index (χ3n) is 3.73. The van der Waals surface area contributed by atoms with Gasteiger partial charge in [-0.1, -0.05) is 0 Å². The zero-order valence-electron chi connectivity index (χ0n) is 13.0. The maximum atomic E-state index is 12.6. The van der Waals surface area contributed by atoms with Crippen LogP contribution in [0.15, 0.2) is 18.2 Å². The van der Waals surface area contributed by atoms with Crippen molar-refractivity contribution in [3.63, 3.8) is 0 Å². The molecular formula is C15H17F3N4O2. The Hall–Kier alpha value is -2.13. The van der Waals surface area contributed by atoms with E-state index >= 15 is 0 Å². The van der Waals surface area contributed by atoms with Crippen molar-refractivity contribution in [3.05, 3.63) is 24.0 Å². The molecule has 0 aliphatic carbocycles. The number of hydrogen-bond acceptors (Lipinski definition) is 4. The van der Waals surface area contributed by atoms with Gasteiger partial charge in [0, 0.05) is 18.8 Å². The van der Waals surface area contributed by atoms with E-state index < -0.39 is 12.0 Å². The van der Waals surface area contributed by atoms with E-state index in [1.165, 1.54) is 18.2 Å². The highest BCUT2D eigenvalue weighted by molar-refractivity contribution is 5.94. The molecule has 1 atom stereocenters. The number of carbonyl (C=O) groups excluding carboxylic acids is 1. The van der Waals surface area contributed by atoms with Gasteiger partial charge in [-0.05, 0) is 25.1 Å². The standard InChI is InChI=1S/C15H17F3N4O2/c1-9-7-22(4-5-24-9)8-13(23)19-10-2-3-11-12(6-10)21-14(20-11)15(16,17)18/h2-3,6,9H,4-5,7-8H2,1H3,(H,19,23)(H,20,21). The number of halogens is 3. The third-order valence-corrected chi connectivity index (χ3v) is 3.73. The maximum absolute atomic E-state index is 12.6. The molecule has 0 radical (unpaired) electrons. The number of morpholine rings is 1. The lowest BCUT2D eigenvalue weighted by atomic mass is 10.2. The molecule has 2 aromatic rings. The van der Waals surface area contributed by atoms with E-state index in [9.17, 15) is 18.0 Å². The molecular weight excluding hydrogens is 325 g/mol. The van der Waals surface area contributed by atoms with Crippen LogP contribution in [0, 0.1) is 0 Å². The summed E-state index contributed by atoms with van der Waals surface area (Å²) in [5.41, 5.74) is 0.841. The number of benzene rings is 1. The number of fused-ring (bicyclic) bond motifs is 1. The lowest BCUT2D eigenvalue weighted by molar-refractivity contribution is -0.144. The van der Waals surface area contributed by atoms with Gasteiger partial charge in [0.05, 0.1) is 30.3 Å². The molecule has 1 aliphatic rings. The van der Waals surface area contributed by atoms with Crippen molar-refractivity contribution >= 4 is 22.6 Å². The quantitative estimate of drug-likeness (QED) is 0.898. The molecule has 9 heteroatoms. The van der Waals surface area contributed by atoms with Gasteiger partial charge in [0.2, 0.25) is 11.7 Å². The van der Waals surface area contributed by atoms with Crippen LogP contribution in [-0.2, 0) is 15.7 Å². The highest BCUT2D eigenvalue weighted by atomic mass is 19.4. The normalized spacial score (nSPS) is 19.6. The summed E-state index contributed by atoms with van der Waals surface area (Å²) in [5, 5.41) is 2.69. The van der Waals surface area contributed by atoms with Crippen molar-refractivity contribution in [2.45, 2.75) is 19.2 Å². The van der Waals surface area contributed by atoms with Crippen LogP contribution in [0.25, 0.3) is 11.0 Å². The van der Waals surface area contributed by atoms with Crippen LogP contribution in [0.2, 0.25) is 0 Å². The van der Waals surface area contributed by atoms with Gasteiger partial charge in [-0.3, -0.25) is 9.69 Å². The molecule has 2 N–H and O–H groups in total. The number of hydrogen-bond donors (Lipinski definition) is 2. The average Bonchev–Trinajstić information content (AvgIpc) is 2.90. The van der Waals surface area contributed by atoms with Crippen LogP contribution in [0.1, 0.15) is 12.7 Å². The molecule has 1 aromatic heterocycles. The number of anilines is 1. The molecule has 0 spiro atoms.